The Kier molecular flexibility index (Phi) is 2.84. The first-order valence-electron chi connectivity index (χ1n) is 3.18. The minimum absolute atomic E-state index is 0.854. The lowest BCUT2D eigenvalue weighted by Crippen LogP contribution is -1.85. The molecule has 0 fully saturated rings. The van der Waals surface area contributed by atoms with Gasteiger partial charge in [-0.15, -0.1) is 12.6 Å². The Morgan fingerprint density at radius 1 is 1.45 bits per heavy atom. The largest absolute Gasteiger partial charge is 0.497 e. The third kappa shape index (κ3) is 1.91. The van der Waals surface area contributed by atoms with E-state index in [0.29, 0.717) is 0 Å². The first-order valence-corrected chi connectivity index (χ1v) is 4.42. The highest BCUT2D eigenvalue weighted by Crippen LogP contribution is 2.28. The van der Waals surface area contributed by atoms with Crippen molar-refractivity contribution >= 4 is 28.6 Å². The fourth-order valence-electron chi connectivity index (χ4n) is 0.823. The van der Waals surface area contributed by atoms with E-state index < -0.39 is 0 Å². The molecule has 0 heterocycles. The van der Waals surface area contributed by atoms with Gasteiger partial charge in [-0.05, 0) is 40.5 Å². The van der Waals surface area contributed by atoms with Crippen LogP contribution in [0.1, 0.15) is 5.56 Å². The van der Waals surface area contributed by atoms with Gasteiger partial charge in [0.1, 0.15) is 5.75 Å². The van der Waals surface area contributed by atoms with Gasteiger partial charge in [0.05, 0.1) is 7.11 Å². The molecule has 0 amide bonds. The van der Waals surface area contributed by atoms with Crippen LogP contribution < -0.4 is 4.74 Å². The van der Waals surface area contributed by atoms with Gasteiger partial charge in [0.25, 0.3) is 0 Å². The standard InChI is InChI=1S/C8H9BrOS/c1-5-3-6(10-2)4-7(9)8(5)11/h3-4,11H,1-2H3. The van der Waals surface area contributed by atoms with Crippen molar-refractivity contribution in [2.24, 2.45) is 0 Å². The molecule has 0 saturated heterocycles. The highest BCUT2D eigenvalue weighted by atomic mass is 79.9. The lowest BCUT2D eigenvalue weighted by atomic mass is 10.2. The van der Waals surface area contributed by atoms with Crippen LogP contribution in [0.25, 0.3) is 0 Å². The van der Waals surface area contributed by atoms with Gasteiger partial charge >= 0.3 is 0 Å². The molecule has 0 unspecified atom stereocenters. The molecule has 0 aliphatic heterocycles. The molecule has 1 aromatic carbocycles. The van der Waals surface area contributed by atoms with Gasteiger partial charge in [0.2, 0.25) is 0 Å². The number of hydrogen-bond acceptors (Lipinski definition) is 2. The second kappa shape index (κ2) is 3.50. The van der Waals surface area contributed by atoms with E-state index in [1.165, 1.54) is 0 Å². The van der Waals surface area contributed by atoms with Crippen molar-refractivity contribution < 1.29 is 4.74 Å². The number of hydrogen-bond donors (Lipinski definition) is 1. The van der Waals surface area contributed by atoms with Crippen LogP contribution >= 0.6 is 28.6 Å². The Hall–Kier alpha value is -0.150. The average Bonchev–Trinajstić information content (AvgIpc) is 1.99. The number of aryl methyl sites for hydroxylation is 1. The fraction of sp³-hybridized carbons (Fsp3) is 0.250. The van der Waals surface area contributed by atoms with Gasteiger partial charge < -0.3 is 4.74 Å². The van der Waals surface area contributed by atoms with Crippen LogP contribution in [0.4, 0.5) is 0 Å². The summed E-state index contributed by atoms with van der Waals surface area (Å²) in [5, 5.41) is 0. The molecule has 0 bridgehead atoms. The van der Waals surface area contributed by atoms with Crippen molar-refractivity contribution in [1.82, 2.24) is 0 Å². The molecule has 0 aromatic heterocycles. The normalized spacial score (nSPS) is 9.82. The summed E-state index contributed by atoms with van der Waals surface area (Å²) in [5.41, 5.74) is 1.11. The summed E-state index contributed by atoms with van der Waals surface area (Å²) in [4.78, 5) is 0.964. The molecule has 1 nitrogen and oxygen atoms in total. The zero-order valence-corrected chi connectivity index (χ0v) is 8.87. The first-order chi connectivity index (χ1) is 5.15. The van der Waals surface area contributed by atoms with Crippen LogP contribution in [0.5, 0.6) is 5.75 Å². The van der Waals surface area contributed by atoms with Crippen LogP contribution in [0, 0.1) is 6.92 Å². The van der Waals surface area contributed by atoms with Gasteiger partial charge in [-0.3, -0.25) is 0 Å². The predicted molar refractivity (Wildman–Crippen MR) is 52.7 cm³/mol. The number of rotatable bonds is 1. The second-order valence-corrected chi connectivity index (χ2v) is 3.58. The third-order valence-electron chi connectivity index (χ3n) is 1.46. The van der Waals surface area contributed by atoms with E-state index in [9.17, 15) is 0 Å². The summed E-state index contributed by atoms with van der Waals surface area (Å²) in [6, 6.07) is 3.85. The van der Waals surface area contributed by atoms with Crippen molar-refractivity contribution in [2.45, 2.75) is 11.8 Å². The van der Waals surface area contributed by atoms with Crippen LogP contribution in [0.2, 0.25) is 0 Å². The van der Waals surface area contributed by atoms with Gasteiger partial charge in [0.15, 0.2) is 0 Å². The molecule has 0 atom stereocenters. The Bertz CT molecular complexity index is 250. The zero-order valence-electron chi connectivity index (χ0n) is 6.39. The van der Waals surface area contributed by atoms with E-state index >= 15 is 0 Å². The molecule has 3 heteroatoms. The predicted octanol–water partition coefficient (Wildman–Crippen LogP) is 3.05. The van der Waals surface area contributed by atoms with Crippen LogP contribution in [0.3, 0.4) is 0 Å². The summed E-state index contributed by atoms with van der Waals surface area (Å²) < 4.78 is 6.04. The molecule has 0 spiro atoms. The Labute approximate surface area is 80.3 Å². The number of halogens is 1. The Morgan fingerprint density at radius 3 is 2.55 bits per heavy atom. The molecule has 1 rings (SSSR count). The van der Waals surface area contributed by atoms with E-state index in [2.05, 4.69) is 28.6 Å². The number of methoxy groups -OCH3 is 1. The van der Waals surface area contributed by atoms with Crippen molar-refractivity contribution in [3.05, 3.63) is 22.2 Å². The molecule has 0 N–H and O–H groups in total. The summed E-state index contributed by atoms with van der Waals surface area (Å²) in [5.74, 6) is 0.854. The van der Waals surface area contributed by atoms with Gasteiger partial charge in [-0.2, -0.15) is 0 Å². The summed E-state index contributed by atoms with van der Waals surface area (Å²) >= 11 is 7.68. The molecular weight excluding hydrogens is 224 g/mol. The monoisotopic (exact) mass is 232 g/mol. The van der Waals surface area contributed by atoms with Crippen molar-refractivity contribution in [3.63, 3.8) is 0 Å². The minimum Gasteiger partial charge on any atom is -0.497 e. The van der Waals surface area contributed by atoms with Crippen molar-refractivity contribution in [3.8, 4) is 5.75 Å². The van der Waals surface area contributed by atoms with E-state index in [4.69, 9.17) is 4.74 Å². The highest BCUT2D eigenvalue weighted by Gasteiger charge is 2.01. The maximum absolute atomic E-state index is 5.07. The zero-order chi connectivity index (χ0) is 8.43. The maximum Gasteiger partial charge on any atom is 0.120 e. The van der Waals surface area contributed by atoms with Crippen LogP contribution in [-0.2, 0) is 0 Å². The lowest BCUT2D eigenvalue weighted by Gasteiger charge is -2.05. The van der Waals surface area contributed by atoms with Crippen molar-refractivity contribution in [2.75, 3.05) is 7.11 Å². The van der Waals surface area contributed by atoms with Gasteiger partial charge in [0, 0.05) is 9.37 Å². The average molecular weight is 233 g/mol. The van der Waals surface area contributed by atoms with Crippen LogP contribution in [-0.4, -0.2) is 7.11 Å². The molecule has 0 aliphatic rings. The number of thiol groups is 1. The summed E-state index contributed by atoms with van der Waals surface area (Å²) in [6.45, 7) is 2.00. The minimum atomic E-state index is 0.854. The topological polar surface area (TPSA) is 9.23 Å². The molecule has 1 aromatic rings. The maximum atomic E-state index is 5.07. The Morgan fingerprint density at radius 2 is 2.09 bits per heavy atom. The quantitative estimate of drug-likeness (QED) is 0.733. The molecule has 60 valence electrons. The Balaban J connectivity index is 3.21. The van der Waals surface area contributed by atoms with E-state index in [1.807, 2.05) is 19.1 Å². The van der Waals surface area contributed by atoms with Gasteiger partial charge in [-0.25, -0.2) is 0 Å². The lowest BCUT2D eigenvalue weighted by molar-refractivity contribution is 0.413. The third-order valence-corrected chi connectivity index (χ3v) is 2.99. The highest BCUT2D eigenvalue weighted by molar-refractivity contribution is 9.10. The van der Waals surface area contributed by atoms with Crippen molar-refractivity contribution in [1.29, 1.82) is 0 Å². The molecule has 11 heavy (non-hydrogen) atoms. The second-order valence-electron chi connectivity index (χ2n) is 2.27. The fourth-order valence-corrected chi connectivity index (χ4v) is 1.49. The van der Waals surface area contributed by atoms with E-state index in [-0.39, 0.29) is 0 Å². The summed E-state index contributed by atoms with van der Waals surface area (Å²) in [7, 11) is 1.65. The molecule has 0 saturated carbocycles. The first kappa shape index (κ1) is 8.94. The smallest absolute Gasteiger partial charge is 0.120 e. The number of benzene rings is 1. The van der Waals surface area contributed by atoms with Gasteiger partial charge in [-0.1, -0.05) is 0 Å². The van der Waals surface area contributed by atoms with Crippen LogP contribution in [0.15, 0.2) is 21.5 Å². The molecule has 0 aliphatic carbocycles. The number of ether oxygens (including phenoxy) is 1. The summed E-state index contributed by atoms with van der Waals surface area (Å²) in [6.07, 6.45) is 0. The molecule has 0 radical (unpaired) electrons. The van der Waals surface area contributed by atoms with E-state index in [0.717, 1.165) is 20.7 Å². The molecular formula is C8H9BrOS. The SMILES string of the molecule is COc1cc(C)c(S)c(Br)c1. The van der Waals surface area contributed by atoms with E-state index in [1.54, 1.807) is 7.11 Å².